The molecule has 0 spiro atoms. The highest BCUT2D eigenvalue weighted by molar-refractivity contribution is 6.03. The summed E-state index contributed by atoms with van der Waals surface area (Å²) < 4.78 is 7.30. The number of hydrogen-bond acceptors (Lipinski definition) is 4. The average molecular weight is 380 g/mol. The fraction of sp³-hybridized carbons (Fsp3) is 0. The molecule has 2 heterocycles. The van der Waals surface area contributed by atoms with Gasteiger partial charge in [-0.2, -0.15) is 0 Å². The van der Waals surface area contributed by atoms with Gasteiger partial charge in [0.25, 0.3) is 5.91 Å². The molecule has 5 rings (SSSR count). The number of carbonyl (C=O) groups is 1. The second-order valence-electron chi connectivity index (χ2n) is 6.55. The zero-order chi connectivity index (χ0) is 19.6. The number of carbonyl (C=O) groups excluding carboxylic acids is 1. The molecule has 0 atom stereocenters. The van der Waals surface area contributed by atoms with E-state index in [1.165, 1.54) is 0 Å². The molecule has 1 amide bonds. The van der Waals surface area contributed by atoms with E-state index in [1.807, 2.05) is 83.4 Å². The molecule has 140 valence electrons. The van der Waals surface area contributed by atoms with Crippen LogP contribution in [0.15, 0.2) is 95.8 Å². The van der Waals surface area contributed by atoms with Gasteiger partial charge in [0.05, 0.1) is 11.0 Å². The number of hydrogen-bond donors (Lipinski definition) is 1. The number of nitrogens with zero attached hydrogens (tertiary/aromatic N) is 3. The molecule has 0 radical (unpaired) electrons. The van der Waals surface area contributed by atoms with E-state index in [0.29, 0.717) is 11.4 Å². The van der Waals surface area contributed by atoms with Crippen LogP contribution in [0.4, 0.5) is 5.69 Å². The van der Waals surface area contributed by atoms with Gasteiger partial charge in [-0.1, -0.05) is 47.6 Å². The topological polar surface area (TPSA) is 73.0 Å². The first kappa shape index (κ1) is 16.9. The molecule has 6 heteroatoms. The Bertz CT molecular complexity index is 1290. The van der Waals surface area contributed by atoms with E-state index in [1.54, 1.807) is 12.4 Å². The predicted octanol–water partition coefficient (Wildman–Crippen LogP) is 4.93. The Kier molecular flexibility index (Phi) is 4.14. The lowest BCUT2D eigenvalue weighted by molar-refractivity contribution is 0.101. The average Bonchev–Trinajstić information content (AvgIpc) is 3.43. The summed E-state index contributed by atoms with van der Waals surface area (Å²) in [7, 11) is 0. The van der Waals surface area contributed by atoms with E-state index in [-0.39, 0.29) is 11.6 Å². The lowest BCUT2D eigenvalue weighted by Crippen LogP contribution is -2.12. The minimum absolute atomic E-state index is 0.230. The first-order valence-electron chi connectivity index (χ1n) is 9.14. The van der Waals surface area contributed by atoms with E-state index >= 15 is 0 Å². The molecule has 5 aromatic rings. The molecule has 0 saturated heterocycles. The number of imidazole rings is 1. The monoisotopic (exact) mass is 380 g/mol. The number of aromatic nitrogens is 3. The first-order chi connectivity index (χ1) is 14.3. The van der Waals surface area contributed by atoms with Crippen molar-refractivity contribution in [2.24, 2.45) is 0 Å². The van der Waals surface area contributed by atoms with Gasteiger partial charge in [-0.05, 0) is 36.4 Å². The summed E-state index contributed by atoms with van der Waals surface area (Å²) in [5.74, 6) is 0.231. The third kappa shape index (κ3) is 3.27. The summed E-state index contributed by atoms with van der Waals surface area (Å²) in [6, 6.07) is 26.7. The summed E-state index contributed by atoms with van der Waals surface area (Å²) in [6.45, 7) is 0. The number of amides is 1. The van der Waals surface area contributed by atoms with Gasteiger partial charge in [0.15, 0.2) is 11.5 Å². The number of fused-ring (bicyclic) bond motifs is 1. The summed E-state index contributed by atoms with van der Waals surface area (Å²) in [4.78, 5) is 16.9. The second kappa shape index (κ2) is 7.09. The van der Waals surface area contributed by atoms with E-state index in [0.717, 1.165) is 22.3 Å². The SMILES string of the molecule is O=C(Nc1ccc(-n2cnc3ccccc32)cc1)c1cc(-c2ccccc2)on1. The van der Waals surface area contributed by atoms with Gasteiger partial charge >= 0.3 is 0 Å². The Morgan fingerprint density at radius 3 is 2.48 bits per heavy atom. The minimum Gasteiger partial charge on any atom is -0.355 e. The quantitative estimate of drug-likeness (QED) is 0.480. The predicted molar refractivity (Wildman–Crippen MR) is 111 cm³/mol. The van der Waals surface area contributed by atoms with Crippen molar-refractivity contribution in [3.8, 4) is 17.0 Å². The Hall–Kier alpha value is -4.19. The van der Waals surface area contributed by atoms with Crippen molar-refractivity contribution in [3.63, 3.8) is 0 Å². The van der Waals surface area contributed by atoms with Crippen molar-refractivity contribution in [1.82, 2.24) is 14.7 Å². The summed E-state index contributed by atoms with van der Waals surface area (Å²) >= 11 is 0. The van der Waals surface area contributed by atoms with Crippen LogP contribution in [0.3, 0.4) is 0 Å². The molecule has 0 aliphatic heterocycles. The second-order valence-corrected chi connectivity index (χ2v) is 6.55. The van der Waals surface area contributed by atoms with Gasteiger partial charge in [0.2, 0.25) is 0 Å². The Labute approximate surface area is 166 Å². The van der Waals surface area contributed by atoms with Crippen LogP contribution in [0.25, 0.3) is 28.0 Å². The molecule has 0 saturated carbocycles. The highest BCUT2D eigenvalue weighted by atomic mass is 16.5. The molecule has 29 heavy (non-hydrogen) atoms. The molecular weight excluding hydrogens is 364 g/mol. The standard InChI is InChI=1S/C23H16N4O2/c28-23(20-14-22(29-26-20)16-6-2-1-3-7-16)25-17-10-12-18(13-11-17)27-15-24-19-8-4-5-9-21(19)27/h1-15H,(H,25,28). The third-order valence-electron chi connectivity index (χ3n) is 4.66. The molecule has 0 aliphatic carbocycles. The van der Waals surface area contributed by atoms with Crippen molar-refractivity contribution in [3.05, 3.63) is 97.0 Å². The fourth-order valence-corrected chi connectivity index (χ4v) is 3.19. The van der Waals surface area contributed by atoms with E-state index in [9.17, 15) is 4.79 Å². The van der Waals surface area contributed by atoms with Crippen molar-refractivity contribution >= 4 is 22.6 Å². The third-order valence-corrected chi connectivity index (χ3v) is 4.66. The van der Waals surface area contributed by atoms with Crippen LogP contribution in [0.5, 0.6) is 0 Å². The molecule has 3 aromatic carbocycles. The first-order valence-corrected chi connectivity index (χ1v) is 9.14. The van der Waals surface area contributed by atoms with E-state index in [2.05, 4.69) is 15.5 Å². The highest BCUT2D eigenvalue weighted by Crippen LogP contribution is 2.22. The fourth-order valence-electron chi connectivity index (χ4n) is 3.19. The van der Waals surface area contributed by atoms with E-state index in [4.69, 9.17) is 4.52 Å². The number of benzene rings is 3. The molecular formula is C23H16N4O2. The van der Waals surface area contributed by atoms with Crippen LogP contribution in [0, 0.1) is 0 Å². The van der Waals surface area contributed by atoms with Gasteiger partial charge in [-0.25, -0.2) is 4.98 Å². The zero-order valence-corrected chi connectivity index (χ0v) is 15.3. The van der Waals surface area contributed by atoms with Crippen molar-refractivity contribution in [2.75, 3.05) is 5.32 Å². The highest BCUT2D eigenvalue weighted by Gasteiger charge is 2.14. The Morgan fingerprint density at radius 1 is 0.897 bits per heavy atom. The van der Waals surface area contributed by atoms with Crippen molar-refractivity contribution in [2.45, 2.75) is 0 Å². The van der Waals surface area contributed by atoms with Crippen LogP contribution >= 0.6 is 0 Å². The smallest absolute Gasteiger partial charge is 0.277 e. The largest absolute Gasteiger partial charge is 0.355 e. The Balaban J connectivity index is 1.34. The normalized spacial score (nSPS) is 10.9. The van der Waals surface area contributed by atoms with Crippen LogP contribution < -0.4 is 5.32 Å². The maximum absolute atomic E-state index is 12.5. The van der Waals surface area contributed by atoms with Gasteiger partial charge in [0.1, 0.15) is 6.33 Å². The molecule has 0 fully saturated rings. The minimum atomic E-state index is -0.322. The number of anilines is 1. The van der Waals surface area contributed by atoms with Crippen LogP contribution in [0.2, 0.25) is 0 Å². The van der Waals surface area contributed by atoms with Gasteiger partial charge < -0.3 is 9.84 Å². The molecule has 0 unspecified atom stereocenters. The summed E-state index contributed by atoms with van der Waals surface area (Å²) in [5.41, 5.74) is 4.70. The van der Waals surface area contributed by atoms with Crippen molar-refractivity contribution < 1.29 is 9.32 Å². The summed E-state index contributed by atoms with van der Waals surface area (Å²) in [6.07, 6.45) is 1.79. The van der Waals surface area contributed by atoms with E-state index < -0.39 is 0 Å². The number of para-hydroxylation sites is 2. The lowest BCUT2D eigenvalue weighted by atomic mass is 10.1. The maximum atomic E-state index is 12.5. The number of rotatable bonds is 4. The maximum Gasteiger partial charge on any atom is 0.277 e. The van der Waals surface area contributed by atoms with Gasteiger partial charge in [-0.3, -0.25) is 9.36 Å². The summed E-state index contributed by atoms with van der Waals surface area (Å²) in [5, 5.41) is 6.73. The van der Waals surface area contributed by atoms with Crippen LogP contribution in [-0.4, -0.2) is 20.6 Å². The molecule has 0 bridgehead atoms. The zero-order valence-electron chi connectivity index (χ0n) is 15.3. The Morgan fingerprint density at radius 2 is 1.66 bits per heavy atom. The molecule has 1 N–H and O–H groups in total. The molecule has 0 aliphatic rings. The lowest BCUT2D eigenvalue weighted by Gasteiger charge is -2.07. The van der Waals surface area contributed by atoms with Gasteiger partial charge in [0, 0.05) is 23.0 Å². The van der Waals surface area contributed by atoms with Crippen molar-refractivity contribution in [1.29, 1.82) is 0 Å². The molecule has 6 nitrogen and oxygen atoms in total. The number of nitrogens with one attached hydrogen (secondary N) is 1. The molecule has 2 aromatic heterocycles. The van der Waals surface area contributed by atoms with Crippen LogP contribution in [0.1, 0.15) is 10.5 Å². The van der Waals surface area contributed by atoms with Gasteiger partial charge in [-0.15, -0.1) is 0 Å². The van der Waals surface area contributed by atoms with Crippen LogP contribution in [-0.2, 0) is 0 Å².